The number of esters is 1. The standard InChI is InChI=1S/C31H40F3NO9/c1-2-10-37-11-12-38-13-14-39-15-16-40-17-18-41-19-20-42-21-22-43-23-24-44-30(36)28-8-3-4-9-29(28)35-27-7-5-6-26(25-27)31(32,33)34/h1,3-9,25,35H,10-24H2. The van der Waals surface area contributed by atoms with E-state index in [1.54, 1.807) is 18.2 Å². The zero-order valence-electron chi connectivity index (χ0n) is 24.6. The third-order valence-electron chi connectivity index (χ3n) is 5.49. The number of anilines is 2. The molecule has 0 unspecified atom stereocenters. The van der Waals surface area contributed by atoms with Crippen LogP contribution in [0, 0.1) is 12.3 Å². The Kier molecular flexibility index (Phi) is 19.5. The summed E-state index contributed by atoms with van der Waals surface area (Å²) < 4.78 is 81.7. The Hall–Kier alpha value is -3.22. The number of hydrogen-bond donors (Lipinski definition) is 1. The fourth-order valence-electron chi connectivity index (χ4n) is 3.42. The molecule has 0 heterocycles. The van der Waals surface area contributed by atoms with E-state index in [2.05, 4.69) is 11.2 Å². The second kappa shape index (κ2) is 23.2. The molecule has 0 saturated carbocycles. The Morgan fingerprint density at radius 1 is 0.659 bits per heavy atom. The highest BCUT2D eigenvalue weighted by Gasteiger charge is 2.30. The predicted octanol–water partition coefficient (Wildman–Crippen LogP) is 4.36. The van der Waals surface area contributed by atoms with E-state index < -0.39 is 17.7 Å². The average Bonchev–Trinajstić information content (AvgIpc) is 3.01. The molecular formula is C31H40F3NO9. The first-order chi connectivity index (χ1) is 21.4. The highest BCUT2D eigenvalue weighted by Crippen LogP contribution is 2.32. The van der Waals surface area contributed by atoms with Crippen LogP contribution in [0.25, 0.3) is 0 Å². The quantitative estimate of drug-likeness (QED) is 0.0971. The summed E-state index contributed by atoms with van der Waals surface area (Å²) in [5.74, 6) is 1.75. The minimum absolute atomic E-state index is 0.00179. The first-order valence-corrected chi connectivity index (χ1v) is 14.1. The number of nitrogens with one attached hydrogen (secondary N) is 1. The van der Waals surface area contributed by atoms with Crippen molar-refractivity contribution < 1.29 is 55.9 Å². The van der Waals surface area contributed by atoms with E-state index in [1.165, 1.54) is 18.2 Å². The molecule has 0 atom stereocenters. The Morgan fingerprint density at radius 3 is 1.64 bits per heavy atom. The largest absolute Gasteiger partial charge is 0.460 e. The lowest BCUT2D eigenvalue weighted by atomic mass is 10.1. The second-order valence-electron chi connectivity index (χ2n) is 8.82. The number of carbonyl (C=O) groups excluding carboxylic acids is 1. The number of alkyl halides is 3. The number of ether oxygens (including phenoxy) is 8. The average molecular weight is 628 g/mol. The first-order valence-electron chi connectivity index (χ1n) is 14.1. The van der Waals surface area contributed by atoms with Gasteiger partial charge in [0.1, 0.15) is 13.2 Å². The summed E-state index contributed by atoms with van der Waals surface area (Å²) >= 11 is 0. The van der Waals surface area contributed by atoms with E-state index in [-0.39, 0.29) is 31.1 Å². The zero-order chi connectivity index (χ0) is 31.7. The number of benzene rings is 2. The lowest BCUT2D eigenvalue weighted by Crippen LogP contribution is -2.15. The minimum Gasteiger partial charge on any atom is -0.460 e. The van der Waals surface area contributed by atoms with Crippen molar-refractivity contribution in [2.45, 2.75) is 6.18 Å². The van der Waals surface area contributed by atoms with Crippen LogP contribution in [0.3, 0.4) is 0 Å². The molecule has 2 rings (SSSR count). The van der Waals surface area contributed by atoms with Gasteiger partial charge in [0.25, 0.3) is 0 Å². The maximum absolute atomic E-state index is 13.0. The monoisotopic (exact) mass is 627 g/mol. The molecule has 0 aromatic heterocycles. The van der Waals surface area contributed by atoms with Gasteiger partial charge in [-0.25, -0.2) is 4.79 Å². The first kappa shape index (κ1) is 37.0. The molecule has 13 heteroatoms. The lowest BCUT2D eigenvalue weighted by molar-refractivity contribution is -0.137. The number of carbonyl (C=O) groups is 1. The van der Waals surface area contributed by atoms with Gasteiger partial charge in [0.2, 0.25) is 0 Å². The maximum atomic E-state index is 13.0. The summed E-state index contributed by atoms with van der Waals surface area (Å²) in [4.78, 5) is 12.5. The van der Waals surface area contributed by atoms with Crippen LogP contribution in [0.2, 0.25) is 0 Å². The van der Waals surface area contributed by atoms with Crippen LogP contribution < -0.4 is 5.32 Å². The van der Waals surface area contributed by atoms with E-state index in [0.717, 1.165) is 12.1 Å². The molecule has 0 fully saturated rings. The van der Waals surface area contributed by atoms with Gasteiger partial charge in [0, 0.05) is 5.69 Å². The third kappa shape index (κ3) is 17.2. The van der Waals surface area contributed by atoms with Crippen molar-refractivity contribution in [2.75, 3.05) is 104 Å². The van der Waals surface area contributed by atoms with Crippen molar-refractivity contribution in [3.05, 3.63) is 59.7 Å². The molecule has 0 aliphatic carbocycles. The van der Waals surface area contributed by atoms with E-state index in [1.807, 2.05) is 0 Å². The van der Waals surface area contributed by atoms with Gasteiger partial charge in [-0.2, -0.15) is 13.2 Å². The van der Waals surface area contributed by atoms with Gasteiger partial charge in [-0.15, -0.1) is 6.42 Å². The molecule has 0 aliphatic rings. The molecular weight excluding hydrogens is 587 g/mol. The highest BCUT2D eigenvalue weighted by atomic mass is 19.4. The molecule has 0 aliphatic heterocycles. The van der Waals surface area contributed by atoms with Crippen LogP contribution in [0.4, 0.5) is 24.5 Å². The number of para-hydroxylation sites is 1. The molecule has 2 aromatic rings. The van der Waals surface area contributed by atoms with Crippen LogP contribution in [0.5, 0.6) is 0 Å². The van der Waals surface area contributed by atoms with E-state index in [0.29, 0.717) is 85.0 Å². The normalized spacial score (nSPS) is 11.3. The maximum Gasteiger partial charge on any atom is 0.416 e. The predicted molar refractivity (Wildman–Crippen MR) is 156 cm³/mol. The van der Waals surface area contributed by atoms with Gasteiger partial charge >= 0.3 is 12.1 Å². The molecule has 0 saturated heterocycles. The summed E-state index contributed by atoms with van der Waals surface area (Å²) in [7, 11) is 0. The molecule has 244 valence electrons. The summed E-state index contributed by atoms with van der Waals surface area (Å²) in [6.45, 7) is 5.59. The summed E-state index contributed by atoms with van der Waals surface area (Å²) in [5.41, 5.74) is -0.0855. The molecule has 0 spiro atoms. The molecule has 0 radical (unpaired) electrons. The Bertz CT molecular complexity index is 1100. The number of rotatable bonds is 25. The van der Waals surface area contributed by atoms with Crippen molar-refractivity contribution >= 4 is 17.3 Å². The van der Waals surface area contributed by atoms with Crippen LogP contribution in [-0.4, -0.2) is 105 Å². The molecule has 0 amide bonds. The Labute approximate surface area is 256 Å². The van der Waals surface area contributed by atoms with Crippen molar-refractivity contribution in [3.63, 3.8) is 0 Å². The topological polar surface area (TPSA) is 103 Å². The lowest BCUT2D eigenvalue weighted by Gasteiger charge is -2.13. The summed E-state index contributed by atoms with van der Waals surface area (Å²) in [6, 6.07) is 11.1. The second-order valence-corrected chi connectivity index (χ2v) is 8.82. The van der Waals surface area contributed by atoms with Crippen molar-refractivity contribution in [3.8, 4) is 12.3 Å². The van der Waals surface area contributed by atoms with Crippen molar-refractivity contribution in [1.82, 2.24) is 0 Å². The summed E-state index contributed by atoms with van der Waals surface area (Å²) in [6.07, 6.45) is 0.594. The fraction of sp³-hybridized carbons (Fsp3) is 0.516. The highest BCUT2D eigenvalue weighted by molar-refractivity contribution is 5.96. The van der Waals surface area contributed by atoms with Crippen LogP contribution in [0.1, 0.15) is 15.9 Å². The van der Waals surface area contributed by atoms with Gasteiger partial charge in [-0.3, -0.25) is 0 Å². The summed E-state index contributed by atoms with van der Waals surface area (Å²) in [5, 5.41) is 2.85. The van der Waals surface area contributed by atoms with Gasteiger partial charge in [0.15, 0.2) is 0 Å². The number of hydrogen-bond acceptors (Lipinski definition) is 10. The van der Waals surface area contributed by atoms with E-state index in [4.69, 9.17) is 44.3 Å². The van der Waals surface area contributed by atoms with Crippen LogP contribution in [0.15, 0.2) is 48.5 Å². The third-order valence-corrected chi connectivity index (χ3v) is 5.49. The van der Waals surface area contributed by atoms with Crippen molar-refractivity contribution in [2.24, 2.45) is 0 Å². The smallest absolute Gasteiger partial charge is 0.416 e. The Morgan fingerprint density at radius 2 is 1.14 bits per heavy atom. The fourth-order valence-corrected chi connectivity index (χ4v) is 3.42. The molecule has 0 bridgehead atoms. The number of terminal acetylenes is 1. The van der Waals surface area contributed by atoms with Crippen molar-refractivity contribution in [1.29, 1.82) is 0 Å². The van der Waals surface area contributed by atoms with E-state index in [9.17, 15) is 18.0 Å². The van der Waals surface area contributed by atoms with Gasteiger partial charge in [0.05, 0.1) is 103 Å². The van der Waals surface area contributed by atoms with Crippen LogP contribution in [-0.2, 0) is 44.1 Å². The minimum atomic E-state index is -4.47. The van der Waals surface area contributed by atoms with Gasteiger partial charge in [-0.1, -0.05) is 24.1 Å². The molecule has 10 nitrogen and oxygen atoms in total. The van der Waals surface area contributed by atoms with Crippen LogP contribution >= 0.6 is 0 Å². The van der Waals surface area contributed by atoms with E-state index >= 15 is 0 Å². The molecule has 2 aromatic carbocycles. The molecule has 1 N–H and O–H groups in total. The van der Waals surface area contributed by atoms with Gasteiger partial charge in [-0.05, 0) is 30.3 Å². The molecule has 44 heavy (non-hydrogen) atoms. The number of halogens is 3. The zero-order valence-corrected chi connectivity index (χ0v) is 24.6. The van der Waals surface area contributed by atoms with Gasteiger partial charge < -0.3 is 43.2 Å². The Balaban J connectivity index is 1.42. The SMILES string of the molecule is C#CCOCCOCCOCCOCCOCCOCCOCCOC(=O)c1ccccc1Nc1cccc(C(F)(F)F)c1.